The summed E-state index contributed by atoms with van der Waals surface area (Å²) < 4.78 is 7.56. The molecule has 1 aliphatic heterocycles. The second-order valence-corrected chi connectivity index (χ2v) is 7.79. The zero-order valence-corrected chi connectivity index (χ0v) is 17.5. The van der Waals surface area contributed by atoms with E-state index in [4.69, 9.17) is 20.9 Å². The van der Waals surface area contributed by atoms with Crippen LogP contribution < -0.4 is 10.6 Å². The topological polar surface area (TPSA) is 106 Å². The molecule has 8 heteroatoms. The van der Waals surface area contributed by atoms with Gasteiger partial charge in [-0.1, -0.05) is 0 Å². The Hall–Kier alpha value is -3.26. The van der Waals surface area contributed by atoms with Gasteiger partial charge in [-0.05, 0) is 44.5 Å². The summed E-state index contributed by atoms with van der Waals surface area (Å²) in [5.74, 6) is 0.863. The molecule has 1 aliphatic rings. The fourth-order valence-electron chi connectivity index (χ4n) is 3.73. The van der Waals surface area contributed by atoms with Crippen LogP contribution in [-0.2, 0) is 4.74 Å². The minimum atomic E-state index is 0.213. The van der Waals surface area contributed by atoms with E-state index in [1.807, 2.05) is 16.9 Å². The smallest absolute Gasteiger partial charge is 0.130 e. The van der Waals surface area contributed by atoms with Gasteiger partial charge < -0.3 is 20.8 Å². The number of aromatic nitrogens is 4. The summed E-state index contributed by atoms with van der Waals surface area (Å²) in [5, 5.41) is 12.9. The molecule has 4 rings (SSSR count). The summed E-state index contributed by atoms with van der Waals surface area (Å²) in [4.78, 5) is 11.7. The molecule has 0 amide bonds. The van der Waals surface area contributed by atoms with Gasteiger partial charge in [-0.2, -0.15) is 5.10 Å². The lowest BCUT2D eigenvalue weighted by molar-refractivity contribution is 0.0986. The Kier molecular flexibility index (Phi) is 5.50. The summed E-state index contributed by atoms with van der Waals surface area (Å²) in [7, 11) is 0. The minimum Gasteiger partial charge on any atom is -0.397 e. The number of morpholine rings is 1. The Morgan fingerprint density at radius 2 is 2.23 bits per heavy atom. The number of nitrogens with zero attached hydrogens (tertiary/aromatic N) is 5. The Bertz CT molecular complexity index is 1100. The number of nitrogens with one attached hydrogen (secondary N) is 1. The van der Waals surface area contributed by atoms with Crippen molar-refractivity contribution in [1.29, 1.82) is 5.41 Å². The Morgan fingerprint density at radius 3 is 2.93 bits per heavy atom. The van der Waals surface area contributed by atoms with E-state index in [0.29, 0.717) is 24.6 Å². The van der Waals surface area contributed by atoms with Gasteiger partial charge in [0.25, 0.3) is 0 Å². The predicted molar refractivity (Wildman–Crippen MR) is 120 cm³/mol. The first kappa shape index (κ1) is 20.0. The van der Waals surface area contributed by atoms with Gasteiger partial charge in [-0.3, -0.25) is 9.67 Å². The third-order valence-corrected chi connectivity index (χ3v) is 5.35. The van der Waals surface area contributed by atoms with Crippen molar-refractivity contribution in [2.24, 2.45) is 5.73 Å². The minimum absolute atomic E-state index is 0.213. The molecule has 3 aromatic rings. The Labute approximate surface area is 175 Å². The van der Waals surface area contributed by atoms with E-state index in [0.717, 1.165) is 40.6 Å². The van der Waals surface area contributed by atoms with E-state index in [2.05, 4.69) is 48.0 Å². The number of rotatable bonds is 5. The fourth-order valence-corrected chi connectivity index (χ4v) is 3.73. The van der Waals surface area contributed by atoms with Gasteiger partial charge in [0, 0.05) is 42.1 Å². The van der Waals surface area contributed by atoms with Crippen molar-refractivity contribution in [2.45, 2.75) is 32.9 Å². The summed E-state index contributed by atoms with van der Waals surface area (Å²) >= 11 is 0. The molecule has 3 aromatic heterocycles. The zero-order valence-electron chi connectivity index (χ0n) is 17.5. The van der Waals surface area contributed by atoms with Crippen LogP contribution in [0, 0.1) is 5.41 Å². The van der Waals surface area contributed by atoms with Crippen molar-refractivity contribution in [3.8, 4) is 11.1 Å². The van der Waals surface area contributed by atoms with E-state index in [-0.39, 0.29) is 12.1 Å². The third-order valence-electron chi connectivity index (χ3n) is 5.35. The third kappa shape index (κ3) is 3.66. The molecule has 3 N–H and O–H groups in total. The van der Waals surface area contributed by atoms with Gasteiger partial charge in [-0.15, -0.1) is 0 Å². The van der Waals surface area contributed by atoms with Crippen LogP contribution in [0.3, 0.4) is 0 Å². The molecule has 8 nitrogen and oxygen atoms in total. The van der Waals surface area contributed by atoms with Crippen molar-refractivity contribution in [3.05, 3.63) is 42.5 Å². The molecule has 1 saturated heterocycles. The molecular weight excluding hydrogens is 378 g/mol. The van der Waals surface area contributed by atoms with Crippen molar-refractivity contribution in [1.82, 2.24) is 19.7 Å². The lowest BCUT2D eigenvalue weighted by atomic mass is 10.0. The molecule has 4 heterocycles. The van der Waals surface area contributed by atoms with E-state index in [1.54, 1.807) is 6.20 Å². The van der Waals surface area contributed by atoms with Crippen LogP contribution >= 0.6 is 0 Å². The van der Waals surface area contributed by atoms with Crippen LogP contribution in [-0.4, -0.2) is 51.8 Å². The molecule has 0 spiro atoms. The molecule has 0 aromatic carbocycles. The number of hydrogen-bond acceptors (Lipinski definition) is 7. The Morgan fingerprint density at radius 1 is 1.40 bits per heavy atom. The summed E-state index contributed by atoms with van der Waals surface area (Å²) in [6.45, 7) is 8.44. The molecule has 1 unspecified atom stereocenters. The van der Waals surface area contributed by atoms with Gasteiger partial charge in [-0.25, -0.2) is 4.98 Å². The molecule has 0 radical (unpaired) electrons. The molecule has 30 heavy (non-hydrogen) atoms. The van der Waals surface area contributed by atoms with Gasteiger partial charge in [0.1, 0.15) is 17.0 Å². The lowest BCUT2D eigenvalue weighted by Crippen LogP contribution is -2.44. The van der Waals surface area contributed by atoms with Crippen molar-refractivity contribution < 1.29 is 4.74 Å². The second kappa shape index (κ2) is 8.23. The predicted octanol–water partition coefficient (Wildman–Crippen LogP) is 3.25. The highest BCUT2D eigenvalue weighted by Gasteiger charge is 2.23. The largest absolute Gasteiger partial charge is 0.397 e. The molecular formula is C22H27N7O. The highest BCUT2D eigenvalue weighted by Crippen LogP contribution is 2.34. The number of allylic oxidation sites excluding steroid dienone is 1. The van der Waals surface area contributed by atoms with Crippen molar-refractivity contribution in [2.75, 3.05) is 24.7 Å². The first-order valence-electron chi connectivity index (χ1n) is 10.1. The van der Waals surface area contributed by atoms with Crippen LogP contribution in [0.5, 0.6) is 0 Å². The normalized spacial score (nSPS) is 17.7. The van der Waals surface area contributed by atoms with Crippen LogP contribution in [0.1, 0.15) is 32.5 Å². The maximum absolute atomic E-state index is 7.38. The number of anilines is 1. The molecule has 1 atom stereocenters. The van der Waals surface area contributed by atoms with Gasteiger partial charge in [0.2, 0.25) is 0 Å². The first-order valence-corrected chi connectivity index (χ1v) is 10.1. The highest BCUT2D eigenvalue weighted by atomic mass is 16.5. The van der Waals surface area contributed by atoms with Gasteiger partial charge in [0.15, 0.2) is 0 Å². The van der Waals surface area contributed by atoms with Crippen LogP contribution in [0.2, 0.25) is 0 Å². The number of ether oxygens (including phenoxy) is 1. The number of fused-ring (bicyclic) bond motifs is 1. The molecule has 0 saturated carbocycles. The summed E-state index contributed by atoms with van der Waals surface area (Å²) in [6.07, 6.45) is 8.37. The Balaban J connectivity index is 1.97. The fraction of sp³-hybridized carbons (Fsp3) is 0.364. The maximum Gasteiger partial charge on any atom is 0.130 e. The number of nitrogens with two attached hydrogens (primary N) is 1. The van der Waals surface area contributed by atoms with E-state index >= 15 is 0 Å². The second-order valence-electron chi connectivity index (χ2n) is 7.79. The number of hydrogen-bond donors (Lipinski definition) is 2. The monoisotopic (exact) mass is 405 g/mol. The quantitative estimate of drug-likeness (QED) is 0.631. The zero-order chi connectivity index (χ0) is 21.3. The SMILES string of the molecule is CC1COCCN1c1cc(-c2cnn(C(C)C)c2)c2ccnc(/C(N)=C/C=N)c2n1. The molecule has 0 bridgehead atoms. The summed E-state index contributed by atoms with van der Waals surface area (Å²) in [6, 6.07) is 4.56. The first-order chi connectivity index (χ1) is 14.5. The summed E-state index contributed by atoms with van der Waals surface area (Å²) in [5.41, 5.74) is 9.98. The molecule has 0 aliphatic carbocycles. The van der Waals surface area contributed by atoms with Crippen molar-refractivity contribution >= 4 is 28.6 Å². The maximum atomic E-state index is 7.38. The average Bonchev–Trinajstić information content (AvgIpc) is 3.23. The number of pyridine rings is 2. The van der Waals surface area contributed by atoms with Crippen molar-refractivity contribution in [3.63, 3.8) is 0 Å². The molecule has 1 fully saturated rings. The van der Waals surface area contributed by atoms with Gasteiger partial charge >= 0.3 is 0 Å². The average molecular weight is 406 g/mol. The van der Waals surface area contributed by atoms with Gasteiger partial charge in [0.05, 0.1) is 31.1 Å². The van der Waals surface area contributed by atoms with E-state index in [9.17, 15) is 0 Å². The standard InChI is InChI=1S/C22H27N7O/c1-14(2)29-12-16(11-26-29)18-10-20(28-8-9-30-13-15(28)3)27-21-17(18)5-7-25-22(21)19(24)4-6-23/h4-7,10-12,14-15,23H,8-9,13,24H2,1-3H3/b19-4-,23-6?. The van der Waals surface area contributed by atoms with Crippen LogP contribution in [0.15, 0.2) is 36.8 Å². The molecule has 156 valence electrons. The van der Waals surface area contributed by atoms with Crippen LogP contribution in [0.4, 0.5) is 5.82 Å². The highest BCUT2D eigenvalue weighted by molar-refractivity contribution is 6.01. The van der Waals surface area contributed by atoms with E-state index in [1.165, 1.54) is 6.08 Å². The van der Waals surface area contributed by atoms with Crippen LogP contribution in [0.25, 0.3) is 27.7 Å². The lowest BCUT2D eigenvalue weighted by Gasteiger charge is -2.34. The van der Waals surface area contributed by atoms with E-state index < -0.39 is 0 Å².